The van der Waals surface area contributed by atoms with Gasteiger partial charge in [0.05, 0.1) is 6.54 Å². The number of ketones is 1. The van der Waals surface area contributed by atoms with Crippen LogP contribution < -0.4 is 4.74 Å². The number of benzene rings is 2. The molecule has 112 valence electrons. The average molecular weight is 316 g/mol. The molecule has 1 amide bonds. The third-order valence-corrected chi connectivity index (χ3v) is 3.85. The number of halogens is 1. The van der Waals surface area contributed by atoms with Crippen molar-refractivity contribution in [1.82, 2.24) is 4.90 Å². The van der Waals surface area contributed by atoms with Crippen LogP contribution in [-0.2, 0) is 9.59 Å². The van der Waals surface area contributed by atoms with Crippen LogP contribution in [0, 0.1) is 0 Å². The van der Waals surface area contributed by atoms with Crippen molar-refractivity contribution in [3.8, 4) is 11.5 Å². The van der Waals surface area contributed by atoms with Crippen LogP contribution in [0.4, 0.5) is 0 Å². The maximum absolute atomic E-state index is 12.0. The van der Waals surface area contributed by atoms with Crippen LogP contribution in [0.15, 0.2) is 48.5 Å². The van der Waals surface area contributed by atoms with Gasteiger partial charge in [-0.15, -0.1) is 0 Å². The fourth-order valence-electron chi connectivity index (χ4n) is 2.46. The summed E-state index contributed by atoms with van der Waals surface area (Å²) >= 11 is 5.82. The van der Waals surface area contributed by atoms with Crippen LogP contribution in [0.2, 0.25) is 5.02 Å². The van der Waals surface area contributed by atoms with Crippen molar-refractivity contribution in [3.05, 3.63) is 59.1 Å². The number of ether oxygens (including phenoxy) is 1. The Morgan fingerprint density at radius 3 is 2.05 bits per heavy atom. The van der Waals surface area contributed by atoms with E-state index in [2.05, 4.69) is 0 Å². The zero-order valence-corrected chi connectivity index (χ0v) is 12.7. The summed E-state index contributed by atoms with van der Waals surface area (Å²) in [6, 6.07) is 14.1. The number of amides is 1. The zero-order chi connectivity index (χ0) is 15.7. The fourth-order valence-corrected chi connectivity index (χ4v) is 2.58. The molecule has 0 spiro atoms. The SMILES string of the molecule is CN1CC(=O)C(c2ccc(Oc3ccc(Cl)cc3)cc2)C1=O. The topological polar surface area (TPSA) is 46.6 Å². The molecular formula is C17H14ClNO3. The van der Waals surface area contributed by atoms with Crippen molar-refractivity contribution in [2.24, 2.45) is 0 Å². The highest BCUT2D eigenvalue weighted by Gasteiger charge is 2.38. The highest BCUT2D eigenvalue weighted by atomic mass is 35.5. The molecule has 4 nitrogen and oxygen atoms in total. The quantitative estimate of drug-likeness (QED) is 0.817. The van der Waals surface area contributed by atoms with Crippen molar-refractivity contribution >= 4 is 23.3 Å². The standard InChI is InChI=1S/C17H14ClNO3/c1-19-10-15(20)16(17(19)21)11-2-6-13(7-3-11)22-14-8-4-12(18)5-9-14/h2-9,16H,10H2,1H3. The second kappa shape index (κ2) is 5.81. The van der Waals surface area contributed by atoms with E-state index in [9.17, 15) is 9.59 Å². The van der Waals surface area contributed by atoms with Gasteiger partial charge in [0.2, 0.25) is 5.91 Å². The van der Waals surface area contributed by atoms with Crippen LogP contribution >= 0.6 is 11.6 Å². The molecule has 1 aliphatic heterocycles. The summed E-state index contributed by atoms with van der Waals surface area (Å²) in [5.74, 6) is 0.395. The molecule has 1 unspecified atom stereocenters. The number of hydrogen-bond donors (Lipinski definition) is 0. The highest BCUT2D eigenvalue weighted by molar-refractivity contribution is 6.30. The first-order chi connectivity index (χ1) is 10.5. The third kappa shape index (κ3) is 2.83. The van der Waals surface area contributed by atoms with E-state index in [0.29, 0.717) is 22.1 Å². The first-order valence-electron chi connectivity index (χ1n) is 6.85. The average Bonchev–Trinajstić information content (AvgIpc) is 2.76. The van der Waals surface area contributed by atoms with Gasteiger partial charge in [-0.3, -0.25) is 9.59 Å². The van der Waals surface area contributed by atoms with Gasteiger partial charge < -0.3 is 9.64 Å². The number of rotatable bonds is 3. The van der Waals surface area contributed by atoms with Crippen LogP contribution in [0.3, 0.4) is 0 Å². The van der Waals surface area contributed by atoms with Crippen LogP contribution in [0.25, 0.3) is 0 Å². The number of carbonyl (C=O) groups excluding carboxylic acids is 2. The maximum Gasteiger partial charge on any atom is 0.237 e. The molecule has 5 heteroatoms. The van der Waals surface area contributed by atoms with Crippen LogP contribution in [0.5, 0.6) is 11.5 Å². The molecule has 0 N–H and O–H groups in total. The van der Waals surface area contributed by atoms with E-state index in [1.54, 1.807) is 55.6 Å². The number of Topliss-reactive ketones (excluding diaryl/α,β-unsaturated/α-hetero) is 1. The molecule has 1 atom stereocenters. The normalized spacial score (nSPS) is 17.9. The van der Waals surface area contributed by atoms with Crippen molar-refractivity contribution in [1.29, 1.82) is 0 Å². The minimum atomic E-state index is -0.686. The van der Waals surface area contributed by atoms with E-state index >= 15 is 0 Å². The number of likely N-dealkylation sites (N-methyl/N-ethyl adjacent to an activating group) is 1. The van der Waals surface area contributed by atoms with Gasteiger partial charge in [0.15, 0.2) is 5.78 Å². The Hall–Kier alpha value is -2.33. The Labute approximate surface area is 133 Å². The lowest BCUT2D eigenvalue weighted by molar-refractivity contribution is -0.128. The Morgan fingerprint density at radius 2 is 1.55 bits per heavy atom. The van der Waals surface area contributed by atoms with E-state index in [0.717, 1.165) is 0 Å². The molecule has 0 aliphatic carbocycles. The molecular weight excluding hydrogens is 302 g/mol. The monoisotopic (exact) mass is 315 g/mol. The minimum Gasteiger partial charge on any atom is -0.457 e. The maximum atomic E-state index is 12.0. The van der Waals surface area contributed by atoms with E-state index in [1.165, 1.54) is 4.90 Å². The molecule has 1 fully saturated rings. The molecule has 3 rings (SSSR count). The molecule has 0 saturated carbocycles. The number of nitrogens with zero attached hydrogens (tertiary/aromatic N) is 1. The Morgan fingerprint density at radius 1 is 1.00 bits per heavy atom. The largest absolute Gasteiger partial charge is 0.457 e. The van der Waals surface area contributed by atoms with Gasteiger partial charge in [-0.2, -0.15) is 0 Å². The van der Waals surface area contributed by atoms with Crippen LogP contribution in [-0.4, -0.2) is 30.2 Å². The predicted molar refractivity (Wildman–Crippen MR) is 83.4 cm³/mol. The second-order valence-corrected chi connectivity index (χ2v) is 5.66. The lowest BCUT2D eigenvalue weighted by Crippen LogP contribution is -2.21. The highest BCUT2D eigenvalue weighted by Crippen LogP contribution is 2.28. The summed E-state index contributed by atoms with van der Waals surface area (Å²) in [6.45, 7) is 0.173. The van der Waals surface area contributed by atoms with Gasteiger partial charge in [-0.25, -0.2) is 0 Å². The Balaban J connectivity index is 1.77. The summed E-state index contributed by atoms with van der Waals surface area (Å²) < 4.78 is 5.69. The fraction of sp³-hybridized carbons (Fsp3) is 0.176. The number of carbonyl (C=O) groups is 2. The van der Waals surface area contributed by atoms with Gasteiger partial charge in [-0.1, -0.05) is 23.7 Å². The molecule has 22 heavy (non-hydrogen) atoms. The van der Waals surface area contributed by atoms with Crippen molar-refractivity contribution < 1.29 is 14.3 Å². The Bertz CT molecular complexity index is 710. The van der Waals surface area contributed by atoms with Gasteiger partial charge >= 0.3 is 0 Å². The van der Waals surface area contributed by atoms with Crippen molar-refractivity contribution in [2.45, 2.75) is 5.92 Å². The molecule has 0 bridgehead atoms. The van der Waals surface area contributed by atoms with Crippen molar-refractivity contribution in [3.63, 3.8) is 0 Å². The lowest BCUT2D eigenvalue weighted by Gasteiger charge is -2.10. The van der Waals surface area contributed by atoms with Gasteiger partial charge in [0.25, 0.3) is 0 Å². The predicted octanol–water partition coefficient (Wildman–Crippen LogP) is 3.26. The van der Waals surface area contributed by atoms with E-state index in [4.69, 9.17) is 16.3 Å². The molecule has 1 aliphatic rings. The molecule has 1 heterocycles. The van der Waals surface area contributed by atoms with Gasteiger partial charge in [0.1, 0.15) is 17.4 Å². The van der Waals surface area contributed by atoms with Gasteiger partial charge in [0, 0.05) is 12.1 Å². The van der Waals surface area contributed by atoms with Crippen molar-refractivity contribution in [2.75, 3.05) is 13.6 Å². The van der Waals surface area contributed by atoms with E-state index in [-0.39, 0.29) is 18.2 Å². The number of likely N-dealkylation sites (tertiary alicyclic amines) is 1. The molecule has 0 aromatic heterocycles. The minimum absolute atomic E-state index is 0.0705. The number of hydrogen-bond acceptors (Lipinski definition) is 3. The van der Waals surface area contributed by atoms with Crippen LogP contribution in [0.1, 0.15) is 11.5 Å². The van der Waals surface area contributed by atoms with Gasteiger partial charge in [-0.05, 0) is 42.0 Å². The first-order valence-corrected chi connectivity index (χ1v) is 7.23. The first kappa shape index (κ1) is 14.6. The summed E-state index contributed by atoms with van der Waals surface area (Å²) in [5, 5.41) is 0.644. The summed E-state index contributed by atoms with van der Waals surface area (Å²) in [5.41, 5.74) is 0.697. The molecule has 2 aromatic rings. The molecule has 0 radical (unpaired) electrons. The van der Waals surface area contributed by atoms with E-state index in [1.807, 2.05) is 0 Å². The van der Waals surface area contributed by atoms with E-state index < -0.39 is 5.92 Å². The molecule has 2 aromatic carbocycles. The third-order valence-electron chi connectivity index (χ3n) is 3.60. The second-order valence-electron chi connectivity index (χ2n) is 5.22. The summed E-state index contributed by atoms with van der Waals surface area (Å²) in [7, 11) is 1.64. The molecule has 1 saturated heterocycles. The zero-order valence-electron chi connectivity index (χ0n) is 12.0. The lowest BCUT2D eigenvalue weighted by atomic mass is 9.97. The summed E-state index contributed by atoms with van der Waals surface area (Å²) in [6.07, 6.45) is 0. The summed E-state index contributed by atoms with van der Waals surface area (Å²) in [4.78, 5) is 25.3. The smallest absolute Gasteiger partial charge is 0.237 e. The Kier molecular flexibility index (Phi) is 3.86.